The van der Waals surface area contributed by atoms with E-state index in [9.17, 15) is 5.11 Å². The lowest BCUT2D eigenvalue weighted by atomic mass is 9.95. The maximum atomic E-state index is 9.33. The van der Waals surface area contributed by atoms with E-state index in [-0.39, 0.29) is 5.54 Å². The largest absolute Gasteiger partial charge is 0.395 e. The monoisotopic (exact) mass is 199 g/mol. The fourth-order valence-electron chi connectivity index (χ4n) is 3.46. The summed E-state index contributed by atoms with van der Waals surface area (Å²) in [6.07, 6.45) is 4.80. The highest BCUT2D eigenvalue weighted by molar-refractivity contribution is 5.07. The van der Waals surface area contributed by atoms with E-state index < -0.39 is 0 Å². The second-order valence-electron chi connectivity index (χ2n) is 4.83. The molecule has 0 aromatic heterocycles. The maximum Gasteiger partial charge on any atom is 0.0646 e. The Morgan fingerprint density at radius 2 is 2.14 bits per heavy atom. The van der Waals surface area contributed by atoms with Crippen LogP contribution in [0.25, 0.3) is 0 Å². The summed E-state index contributed by atoms with van der Waals surface area (Å²) in [5.74, 6) is 0. The van der Waals surface area contributed by atoms with Crippen LogP contribution in [0.2, 0.25) is 0 Å². The van der Waals surface area contributed by atoms with Gasteiger partial charge >= 0.3 is 0 Å². The highest BCUT2D eigenvalue weighted by Crippen LogP contribution is 2.45. The molecular weight excluding hydrogens is 178 g/mol. The molecule has 0 radical (unpaired) electrons. The molecule has 0 amide bonds. The first-order valence-corrected chi connectivity index (χ1v) is 5.62. The first-order valence-electron chi connectivity index (χ1n) is 5.62. The van der Waals surface area contributed by atoms with Crippen LogP contribution >= 0.6 is 0 Å². The van der Waals surface area contributed by atoms with Crippen molar-refractivity contribution in [3.8, 4) is 0 Å². The summed E-state index contributed by atoms with van der Waals surface area (Å²) in [6.45, 7) is 3.40. The molecule has 2 rings (SSSR count). The van der Waals surface area contributed by atoms with E-state index in [4.69, 9.17) is 4.74 Å². The lowest BCUT2D eigenvalue weighted by Gasteiger charge is -2.36. The average molecular weight is 199 g/mol. The Morgan fingerprint density at radius 1 is 1.43 bits per heavy atom. The van der Waals surface area contributed by atoms with Crippen molar-refractivity contribution in [1.82, 2.24) is 4.90 Å². The average Bonchev–Trinajstić information content (AvgIpc) is 2.67. The van der Waals surface area contributed by atoms with Crippen molar-refractivity contribution < 1.29 is 9.84 Å². The maximum absolute atomic E-state index is 9.33. The van der Waals surface area contributed by atoms with Gasteiger partial charge in [-0.05, 0) is 32.6 Å². The molecule has 3 atom stereocenters. The van der Waals surface area contributed by atoms with E-state index in [0.717, 1.165) is 13.0 Å². The van der Waals surface area contributed by atoms with Crippen molar-refractivity contribution in [1.29, 1.82) is 0 Å². The van der Waals surface area contributed by atoms with Gasteiger partial charge in [0.15, 0.2) is 0 Å². The van der Waals surface area contributed by atoms with E-state index in [1.807, 2.05) is 0 Å². The number of hydrogen-bond acceptors (Lipinski definition) is 3. The van der Waals surface area contributed by atoms with Crippen LogP contribution in [0.5, 0.6) is 0 Å². The van der Waals surface area contributed by atoms with Crippen LogP contribution in [0.3, 0.4) is 0 Å². The molecule has 2 aliphatic rings. The minimum absolute atomic E-state index is 0.252. The molecule has 1 unspecified atom stereocenters. The van der Waals surface area contributed by atoms with Gasteiger partial charge in [-0.15, -0.1) is 0 Å². The number of fused-ring (bicyclic) bond motifs is 1. The van der Waals surface area contributed by atoms with Gasteiger partial charge in [0.2, 0.25) is 0 Å². The van der Waals surface area contributed by atoms with Crippen molar-refractivity contribution in [2.24, 2.45) is 0 Å². The first kappa shape index (κ1) is 10.4. The van der Waals surface area contributed by atoms with Gasteiger partial charge < -0.3 is 9.84 Å². The van der Waals surface area contributed by atoms with Crippen LogP contribution in [0.1, 0.15) is 32.6 Å². The Hall–Kier alpha value is -0.120. The first-order chi connectivity index (χ1) is 6.73. The number of aliphatic hydroxyl groups is 1. The minimum Gasteiger partial charge on any atom is -0.395 e. The van der Waals surface area contributed by atoms with E-state index >= 15 is 0 Å². The molecule has 14 heavy (non-hydrogen) atoms. The molecular formula is C11H21NO2. The predicted molar refractivity (Wildman–Crippen MR) is 55.2 cm³/mol. The molecule has 3 nitrogen and oxygen atoms in total. The summed E-state index contributed by atoms with van der Waals surface area (Å²) >= 11 is 0. The van der Waals surface area contributed by atoms with Crippen LogP contribution < -0.4 is 0 Å². The quantitative estimate of drug-likeness (QED) is 0.736. The molecule has 0 saturated carbocycles. The second kappa shape index (κ2) is 3.80. The molecule has 2 aliphatic heterocycles. The van der Waals surface area contributed by atoms with Crippen LogP contribution in [-0.2, 0) is 4.74 Å². The molecule has 82 valence electrons. The van der Waals surface area contributed by atoms with Gasteiger partial charge in [0.25, 0.3) is 0 Å². The molecule has 0 spiro atoms. The lowest BCUT2D eigenvalue weighted by molar-refractivity contribution is 0.0205. The van der Waals surface area contributed by atoms with Crippen molar-refractivity contribution in [2.75, 3.05) is 20.3 Å². The topological polar surface area (TPSA) is 32.7 Å². The van der Waals surface area contributed by atoms with E-state index in [2.05, 4.69) is 11.8 Å². The normalized spacial score (nSPS) is 43.1. The van der Waals surface area contributed by atoms with Gasteiger partial charge in [0.1, 0.15) is 0 Å². The van der Waals surface area contributed by atoms with Gasteiger partial charge in [-0.3, -0.25) is 4.90 Å². The van der Waals surface area contributed by atoms with E-state index in [1.54, 1.807) is 7.11 Å². The Morgan fingerprint density at radius 3 is 2.79 bits per heavy atom. The van der Waals surface area contributed by atoms with Crippen molar-refractivity contribution >= 4 is 0 Å². The van der Waals surface area contributed by atoms with Crippen molar-refractivity contribution in [2.45, 2.75) is 50.2 Å². The summed E-state index contributed by atoms with van der Waals surface area (Å²) < 4.78 is 5.35. The van der Waals surface area contributed by atoms with Gasteiger partial charge in [0, 0.05) is 24.7 Å². The number of rotatable bonds is 3. The molecule has 0 aromatic rings. The van der Waals surface area contributed by atoms with Gasteiger partial charge in [-0.1, -0.05) is 0 Å². The van der Waals surface area contributed by atoms with Crippen LogP contribution in [0.4, 0.5) is 0 Å². The molecule has 0 aromatic carbocycles. The molecule has 2 saturated heterocycles. The summed E-state index contributed by atoms with van der Waals surface area (Å²) in [5.41, 5.74) is 0.252. The van der Waals surface area contributed by atoms with E-state index in [0.29, 0.717) is 18.7 Å². The Balaban J connectivity index is 2.16. The van der Waals surface area contributed by atoms with Crippen molar-refractivity contribution in [3.05, 3.63) is 0 Å². The van der Waals surface area contributed by atoms with Gasteiger partial charge in [-0.2, -0.15) is 0 Å². The smallest absolute Gasteiger partial charge is 0.0646 e. The van der Waals surface area contributed by atoms with Crippen LogP contribution in [0, 0.1) is 0 Å². The third-order valence-electron chi connectivity index (χ3n) is 4.01. The highest BCUT2D eigenvalue weighted by Gasteiger charge is 2.51. The molecule has 1 N–H and O–H groups in total. The second-order valence-corrected chi connectivity index (χ2v) is 4.83. The summed E-state index contributed by atoms with van der Waals surface area (Å²) in [4.78, 5) is 2.51. The van der Waals surface area contributed by atoms with Crippen molar-refractivity contribution in [3.63, 3.8) is 0 Å². The predicted octanol–water partition coefficient (Wildman–Crippen LogP) is 1.01. The molecule has 3 heteroatoms. The number of ether oxygens (including phenoxy) is 1. The summed E-state index contributed by atoms with van der Waals surface area (Å²) in [5, 5.41) is 9.33. The summed E-state index contributed by atoms with van der Waals surface area (Å²) in [6, 6.07) is 0.993. The standard InChI is InChI=1S/C11H21NO2/c1-9-3-5-11(8-14-2)6-4-10(7-13)12(9)11/h9-10,13H,3-8H2,1-2H3/t9?,10-,11-/m0/s1. The number of aliphatic hydroxyl groups excluding tert-OH is 1. The SMILES string of the molecule is COC[C@@]12CCC(C)N1[C@H](CO)CC2. The third kappa shape index (κ3) is 1.38. The lowest BCUT2D eigenvalue weighted by Crippen LogP contribution is -2.49. The van der Waals surface area contributed by atoms with Crippen LogP contribution in [0.15, 0.2) is 0 Å². The zero-order valence-electron chi connectivity index (χ0n) is 9.20. The fraction of sp³-hybridized carbons (Fsp3) is 1.00. The van der Waals surface area contributed by atoms with Crippen LogP contribution in [-0.4, -0.2) is 48.0 Å². The van der Waals surface area contributed by atoms with Gasteiger partial charge in [-0.25, -0.2) is 0 Å². The molecule has 2 heterocycles. The zero-order chi connectivity index (χ0) is 10.2. The summed E-state index contributed by atoms with van der Waals surface area (Å²) in [7, 11) is 1.78. The number of nitrogens with zero attached hydrogens (tertiary/aromatic N) is 1. The number of methoxy groups -OCH3 is 1. The molecule has 0 bridgehead atoms. The Kier molecular flexibility index (Phi) is 2.82. The zero-order valence-corrected chi connectivity index (χ0v) is 9.20. The third-order valence-corrected chi connectivity index (χ3v) is 4.01. The molecule has 0 aliphatic carbocycles. The minimum atomic E-state index is 0.252. The Bertz CT molecular complexity index is 205. The fourth-order valence-corrected chi connectivity index (χ4v) is 3.46. The van der Waals surface area contributed by atoms with E-state index in [1.165, 1.54) is 19.3 Å². The molecule has 2 fully saturated rings. The number of hydrogen-bond donors (Lipinski definition) is 1. The van der Waals surface area contributed by atoms with Gasteiger partial charge in [0.05, 0.1) is 13.2 Å². The Labute approximate surface area is 86.0 Å². The highest BCUT2D eigenvalue weighted by atomic mass is 16.5.